The summed E-state index contributed by atoms with van der Waals surface area (Å²) in [6.07, 6.45) is 1.15. The van der Waals surface area contributed by atoms with Crippen molar-refractivity contribution in [2.75, 3.05) is 13.2 Å². The predicted octanol–water partition coefficient (Wildman–Crippen LogP) is 4.60. The minimum Gasteiger partial charge on any atom is -0.489 e. The molecular weight excluding hydrogens is 300 g/mol. The van der Waals surface area contributed by atoms with Crippen LogP contribution in [-0.4, -0.2) is 19.2 Å². The normalized spacial score (nSPS) is 11.2. The third-order valence-corrected chi connectivity index (χ3v) is 4.26. The second kappa shape index (κ2) is 5.85. The van der Waals surface area contributed by atoms with Crippen LogP contribution in [-0.2, 0) is 9.53 Å². The van der Waals surface area contributed by atoms with E-state index in [4.69, 9.17) is 9.47 Å². The number of hydrogen-bond donors (Lipinski definition) is 0. The third-order valence-electron chi connectivity index (χ3n) is 4.26. The number of benzene rings is 3. The summed E-state index contributed by atoms with van der Waals surface area (Å²) >= 11 is 0. The predicted molar refractivity (Wildman–Crippen MR) is 95.0 cm³/mol. The molecule has 0 heterocycles. The fourth-order valence-corrected chi connectivity index (χ4v) is 3.26. The molecule has 0 spiro atoms. The van der Waals surface area contributed by atoms with E-state index in [2.05, 4.69) is 49.0 Å². The van der Waals surface area contributed by atoms with Crippen molar-refractivity contribution < 1.29 is 14.3 Å². The van der Waals surface area contributed by atoms with E-state index in [0.717, 1.165) is 17.2 Å². The van der Waals surface area contributed by atoms with Crippen molar-refractivity contribution in [3.63, 3.8) is 0 Å². The Kier molecular flexibility index (Phi) is 3.54. The SMILES string of the molecule is C=CC(=O)OCCOc1ccc2c3c(cccc13)-c1ccccc1-2. The Morgan fingerprint density at radius 3 is 2.33 bits per heavy atom. The Hall–Kier alpha value is -3.07. The highest BCUT2D eigenvalue weighted by molar-refractivity contribution is 6.16. The molecule has 0 saturated carbocycles. The Balaban J connectivity index is 1.67. The lowest BCUT2D eigenvalue weighted by Crippen LogP contribution is -2.10. The fourth-order valence-electron chi connectivity index (χ4n) is 3.26. The number of carbonyl (C=O) groups excluding carboxylic acids is 1. The summed E-state index contributed by atoms with van der Waals surface area (Å²) in [5, 5.41) is 2.30. The average Bonchev–Trinajstić information content (AvgIpc) is 2.96. The average molecular weight is 316 g/mol. The fraction of sp³-hybridized carbons (Fsp3) is 0.0952. The van der Waals surface area contributed by atoms with E-state index in [1.165, 1.54) is 27.6 Å². The highest BCUT2D eigenvalue weighted by Crippen LogP contribution is 2.48. The van der Waals surface area contributed by atoms with Gasteiger partial charge in [-0.25, -0.2) is 4.79 Å². The summed E-state index contributed by atoms with van der Waals surface area (Å²) in [6, 6.07) is 18.8. The van der Waals surface area contributed by atoms with Crippen LogP contribution in [0.2, 0.25) is 0 Å². The minimum absolute atomic E-state index is 0.202. The molecule has 24 heavy (non-hydrogen) atoms. The van der Waals surface area contributed by atoms with Gasteiger partial charge in [-0.3, -0.25) is 0 Å². The van der Waals surface area contributed by atoms with Crippen molar-refractivity contribution in [3.8, 4) is 28.0 Å². The van der Waals surface area contributed by atoms with E-state index in [9.17, 15) is 4.79 Å². The lowest BCUT2D eigenvalue weighted by atomic mass is 10.0. The zero-order valence-corrected chi connectivity index (χ0v) is 13.1. The van der Waals surface area contributed by atoms with Gasteiger partial charge in [0.05, 0.1) is 0 Å². The van der Waals surface area contributed by atoms with Gasteiger partial charge in [0.15, 0.2) is 0 Å². The summed E-state index contributed by atoms with van der Waals surface area (Å²) in [4.78, 5) is 11.1. The Morgan fingerprint density at radius 1 is 0.875 bits per heavy atom. The van der Waals surface area contributed by atoms with E-state index in [1.54, 1.807) is 0 Å². The van der Waals surface area contributed by atoms with Gasteiger partial charge < -0.3 is 9.47 Å². The number of carbonyl (C=O) groups is 1. The topological polar surface area (TPSA) is 35.5 Å². The molecule has 3 heteroatoms. The molecule has 3 aromatic carbocycles. The lowest BCUT2D eigenvalue weighted by molar-refractivity contribution is -0.138. The van der Waals surface area contributed by atoms with Crippen molar-refractivity contribution in [1.29, 1.82) is 0 Å². The molecule has 0 N–H and O–H groups in total. The van der Waals surface area contributed by atoms with Gasteiger partial charge in [0.1, 0.15) is 19.0 Å². The van der Waals surface area contributed by atoms with Crippen LogP contribution >= 0.6 is 0 Å². The van der Waals surface area contributed by atoms with Crippen LogP contribution in [0.4, 0.5) is 0 Å². The maximum Gasteiger partial charge on any atom is 0.330 e. The van der Waals surface area contributed by atoms with Crippen LogP contribution < -0.4 is 4.74 Å². The number of rotatable bonds is 5. The first-order valence-corrected chi connectivity index (χ1v) is 7.87. The van der Waals surface area contributed by atoms with Gasteiger partial charge in [0.2, 0.25) is 0 Å². The monoisotopic (exact) mass is 316 g/mol. The van der Waals surface area contributed by atoms with Crippen molar-refractivity contribution >= 4 is 16.7 Å². The molecule has 0 aliphatic heterocycles. The molecule has 4 rings (SSSR count). The van der Waals surface area contributed by atoms with Crippen LogP contribution in [0.3, 0.4) is 0 Å². The van der Waals surface area contributed by atoms with Gasteiger partial charge in [-0.1, -0.05) is 55.1 Å². The molecular formula is C21H16O3. The second-order valence-corrected chi connectivity index (χ2v) is 5.61. The molecule has 0 unspecified atom stereocenters. The van der Waals surface area contributed by atoms with Crippen molar-refractivity contribution in [2.45, 2.75) is 0 Å². The smallest absolute Gasteiger partial charge is 0.330 e. The number of hydrogen-bond acceptors (Lipinski definition) is 3. The maximum absolute atomic E-state index is 11.1. The van der Waals surface area contributed by atoms with Gasteiger partial charge in [0, 0.05) is 16.8 Å². The van der Waals surface area contributed by atoms with Gasteiger partial charge >= 0.3 is 5.97 Å². The Morgan fingerprint density at radius 2 is 1.58 bits per heavy atom. The summed E-state index contributed by atoms with van der Waals surface area (Å²) in [5.74, 6) is 0.368. The van der Waals surface area contributed by atoms with Crippen LogP contribution in [0, 0.1) is 0 Å². The number of ether oxygens (including phenoxy) is 2. The number of fused-ring (bicyclic) bond motifs is 3. The largest absolute Gasteiger partial charge is 0.489 e. The summed E-state index contributed by atoms with van der Waals surface area (Å²) in [5.41, 5.74) is 4.99. The maximum atomic E-state index is 11.1. The van der Waals surface area contributed by atoms with Gasteiger partial charge in [-0.05, 0) is 28.3 Å². The summed E-state index contributed by atoms with van der Waals surface area (Å²) < 4.78 is 10.8. The molecule has 3 aromatic rings. The van der Waals surface area contributed by atoms with Crippen molar-refractivity contribution in [2.24, 2.45) is 0 Å². The van der Waals surface area contributed by atoms with Gasteiger partial charge in [0.25, 0.3) is 0 Å². The highest BCUT2D eigenvalue weighted by Gasteiger charge is 2.21. The van der Waals surface area contributed by atoms with Crippen LogP contribution in [0.15, 0.2) is 67.3 Å². The van der Waals surface area contributed by atoms with E-state index < -0.39 is 5.97 Å². The molecule has 3 nitrogen and oxygen atoms in total. The minimum atomic E-state index is -0.436. The highest BCUT2D eigenvalue weighted by atomic mass is 16.6. The molecule has 0 fully saturated rings. The van der Waals surface area contributed by atoms with Crippen LogP contribution in [0.1, 0.15) is 0 Å². The van der Waals surface area contributed by atoms with Gasteiger partial charge in [-0.2, -0.15) is 0 Å². The van der Waals surface area contributed by atoms with Crippen molar-refractivity contribution in [3.05, 3.63) is 67.3 Å². The summed E-state index contributed by atoms with van der Waals surface area (Å²) in [6.45, 7) is 3.88. The van der Waals surface area contributed by atoms with Crippen LogP contribution in [0.5, 0.6) is 5.75 Å². The zero-order chi connectivity index (χ0) is 16.5. The third kappa shape index (κ3) is 2.26. The second-order valence-electron chi connectivity index (χ2n) is 5.61. The summed E-state index contributed by atoms with van der Waals surface area (Å²) in [7, 11) is 0. The zero-order valence-electron chi connectivity index (χ0n) is 13.1. The number of esters is 1. The first kappa shape index (κ1) is 14.5. The molecule has 0 bridgehead atoms. The Bertz CT molecular complexity index is 927. The molecule has 118 valence electrons. The van der Waals surface area contributed by atoms with Crippen LogP contribution in [0.25, 0.3) is 33.0 Å². The molecule has 0 aromatic heterocycles. The lowest BCUT2D eigenvalue weighted by Gasteiger charge is -2.11. The molecule has 1 aliphatic rings. The molecule has 0 amide bonds. The first-order valence-electron chi connectivity index (χ1n) is 7.87. The Labute approximate surface area is 140 Å². The molecule has 0 atom stereocenters. The first-order chi connectivity index (χ1) is 11.8. The molecule has 1 aliphatic carbocycles. The van der Waals surface area contributed by atoms with E-state index in [1.807, 2.05) is 12.1 Å². The van der Waals surface area contributed by atoms with E-state index in [0.29, 0.717) is 6.61 Å². The molecule has 0 radical (unpaired) electrons. The van der Waals surface area contributed by atoms with E-state index in [-0.39, 0.29) is 6.61 Å². The standard InChI is InChI=1S/C21H16O3/c1-2-20(22)24-13-12-23-19-11-10-17-15-7-4-3-6-14(15)16-8-5-9-18(19)21(16)17/h2-11H,1,12-13H2. The van der Waals surface area contributed by atoms with E-state index >= 15 is 0 Å². The quantitative estimate of drug-likeness (QED) is 0.307. The molecule has 0 saturated heterocycles. The van der Waals surface area contributed by atoms with Gasteiger partial charge in [-0.15, -0.1) is 0 Å². The van der Waals surface area contributed by atoms with Crippen molar-refractivity contribution in [1.82, 2.24) is 0 Å².